The molecule has 4 aromatic rings. The number of hydrogen-bond acceptors (Lipinski definition) is 8. The Bertz CT molecular complexity index is 1970. The molecule has 256 valence electrons. The molecule has 16 heteroatoms. The number of ether oxygens (including phenoxy) is 1. The summed E-state index contributed by atoms with van der Waals surface area (Å²) in [6, 6.07) is 14.1. The number of fused-ring (bicyclic) bond motifs is 1. The fourth-order valence-electron chi connectivity index (χ4n) is 5.51. The lowest BCUT2D eigenvalue weighted by molar-refractivity contribution is -0.137. The molecule has 48 heavy (non-hydrogen) atoms. The zero-order chi connectivity index (χ0) is 35.0. The number of aliphatic hydroxyl groups excluding tert-OH is 1. The maximum atomic E-state index is 15.5. The second-order valence-corrected chi connectivity index (χ2v) is 14.5. The lowest BCUT2D eigenvalue weighted by atomic mass is 10.0. The minimum absolute atomic E-state index is 0.0272. The molecule has 2 heterocycles. The number of anilines is 1. The Labute approximate surface area is 280 Å². The fourth-order valence-corrected chi connectivity index (χ4v) is 7.03. The summed E-state index contributed by atoms with van der Waals surface area (Å²) in [5, 5.41) is 17.6. The number of hydrogen-bond donors (Lipinski definition) is 4. The average molecular weight is 705 g/mol. The molecule has 0 saturated carbocycles. The molecule has 1 saturated heterocycles. The van der Waals surface area contributed by atoms with E-state index in [0.717, 1.165) is 4.90 Å². The summed E-state index contributed by atoms with van der Waals surface area (Å²) in [6.45, 7) is 4.16. The van der Waals surface area contributed by atoms with Crippen molar-refractivity contribution in [2.45, 2.75) is 57.7 Å². The first kappa shape index (κ1) is 35.2. The van der Waals surface area contributed by atoms with E-state index in [-0.39, 0.29) is 34.6 Å². The van der Waals surface area contributed by atoms with Gasteiger partial charge in [0.05, 0.1) is 17.7 Å². The molecule has 1 fully saturated rings. The second kappa shape index (κ2) is 13.8. The van der Waals surface area contributed by atoms with E-state index in [1.165, 1.54) is 41.1 Å². The maximum absolute atomic E-state index is 15.5. The van der Waals surface area contributed by atoms with Gasteiger partial charge in [-0.15, -0.1) is 0 Å². The number of benzene rings is 3. The van der Waals surface area contributed by atoms with Gasteiger partial charge in [-0.25, -0.2) is 21.9 Å². The minimum atomic E-state index is -3.82. The van der Waals surface area contributed by atoms with Crippen LogP contribution in [0, 0.1) is 5.82 Å². The highest BCUT2D eigenvalue weighted by molar-refractivity contribution is 7.89. The smallest absolute Gasteiger partial charge is 0.247 e. The summed E-state index contributed by atoms with van der Waals surface area (Å²) in [7, 11) is -3.82. The summed E-state index contributed by atoms with van der Waals surface area (Å²) >= 11 is 6.25. The summed E-state index contributed by atoms with van der Waals surface area (Å²) in [5.74, 6) is -2.80. The Balaban J connectivity index is 1.36. The maximum Gasteiger partial charge on any atom is 0.247 e. The Morgan fingerprint density at radius 1 is 1.15 bits per heavy atom. The molecule has 3 unspecified atom stereocenters. The fraction of sp³-hybridized carbons (Fsp3) is 0.344. The predicted octanol–water partition coefficient (Wildman–Crippen LogP) is 4.08. The zero-order valence-electron chi connectivity index (χ0n) is 26.3. The van der Waals surface area contributed by atoms with Crippen LogP contribution in [0.25, 0.3) is 22.0 Å². The molecular formula is C32H35ClF2N6O6S. The van der Waals surface area contributed by atoms with Gasteiger partial charge in [0.15, 0.2) is 5.82 Å². The summed E-state index contributed by atoms with van der Waals surface area (Å²) in [6.07, 6.45) is -3.36. The molecule has 5 N–H and O–H groups in total. The van der Waals surface area contributed by atoms with Crippen LogP contribution in [0.5, 0.6) is 5.75 Å². The van der Waals surface area contributed by atoms with Crippen molar-refractivity contribution in [1.29, 1.82) is 0 Å². The molecule has 5 rings (SSSR count). The standard InChI is InChI=1S/C32H35ClF2N6O6S/c1-32(2,3)39-48(45,46)17-47-19-11-12-22-25(14-19)41(38-29(22)30(36)43)16-27(42)40-15-18(34)13-26(40)31(44)37-24-10-6-8-21(28(24)35)20-7-4-5-9-23(20)33/h4-12,14,18,26,30,39,43H,13,15-17,36H2,1-3H3,(H,37,44). The lowest BCUT2D eigenvalue weighted by Gasteiger charge is -2.24. The van der Waals surface area contributed by atoms with Crippen molar-refractivity contribution >= 4 is 50.0 Å². The summed E-state index contributed by atoms with van der Waals surface area (Å²) in [5.41, 5.74) is 5.66. The molecular weight excluding hydrogens is 670 g/mol. The highest BCUT2D eigenvalue weighted by atomic mass is 35.5. The molecule has 3 atom stereocenters. The van der Waals surface area contributed by atoms with Crippen LogP contribution in [-0.4, -0.2) is 70.3 Å². The van der Waals surface area contributed by atoms with Crippen LogP contribution in [0.1, 0.15) is 39.1 Å². The van der Waals surface area contributed by atoms with Crippen molar-refractivity contribution in [2.75, 3.05) is 17.8 Å². The van der Waals surface area contributed by atoms with Crippen molar-refractivity contribution in [3.05, 3.63) is 77.2 Å². The van der Waals surface area contributed by atoms with E-state index in [2.05, 4.69) is 15.1 Å². The first-order valence-corrected chi connectivity index (χ1v) is 16.9. The molecule has 0 radical (unpaired) electrons. The summed E-state index contributed by atoms with van der Waals surface area (Å²) in [4.78, 5) is 28.0. The number of nitrogens with two attached hydrogens (primary N) is 1. The van der Waals surface area contributed by atoms with Gasteiger partial charge in [-0.2, -0.15) is 5.10 Å². The number of nitrogens with one attached hydrogen (secondary N) is 2. The zero-order valence-corrected chi connectivity index (χ0v) is 27.9. The van der Waals surface area contributed by atoms with Gasteiger partial charge in [-0.1, -0.05) is 41.9 Å². The number of rotatable bonds is 10. The average Bonchev–Trinajstić information content (AvgIpc) is 3.57. The number of likely N-dealkylation sites (tertiary alicyclic amines) is 1. The quantitative estimate of drug-likeness (QED) is 0.179. The number of nitrogens with zero attached hydrogens (tertiary/aromatic N) is 3. The van der Waals surface area contributed by atoms with Gasteiger partial charge >= 0.3 is 0 Å². The van der Waals surface area contributed by atoms with E-state index >= 15 is 4.39 Å². The van der Waals surface area contributed by atoms with Crippen LogP contribution in [0.2, 0.25) is 5.02 Å². The predicted molar refractivity (Wildman–Crippen MR) is 177 cm³/mol. The molecule has 0 spiro atoms. The topological polar surface area (TPSA) is 169 Å². The van der Waals surface area contributed by atoms with Crippen LogP contribution >= 0.6 is 11.6 Å². The molecule has 3 aromatic carbocycles. The van der Waals surface area contributed by atoms with Gasteiger partial charge < -0.3 is 25.8 Å². The van der Waals surface area contributed by atoms with Crippen LogP contribution in [0.15, 0.2) is 60.7 Å². The molecule has 1 aromatic heterocycles. The van der Waals surface area contributed by atoms with Gasteiger partial charge in [0.2, 0.25) is 27.8 Å². The first-order chi connectivity index (χ1) is 22.5. The Morgan fingerprint density at radius 2 is 1.85 bits per heavy atom. The van der Waals surface area contributed by atoms with Crippen molar-refractivity contribution in [1.82, 2.24) is 19.4 Å². The molecule has 2 amide bonds. The number of halogens is 3. The normalized spacial score (nSPS) is 17.5. The van der Waals surface area contributed by atoms with Crippen molar-refractivity contribution in [3.63, 3.8) is 0 Å². The monoisotopic (exact) mass is 704 g/mol. The van der Waals surface area contributed by atoms with Crippen LogP contribution < -0.4 is 20.5 Å². The van der Waals surface area contributed by atoms with Crippen LogP contribution in [-0.2, 0) is 26.2 Å². The van der Waals surface area contributed by atoms with E-state index < -0.39 is 70.7 Å². The number of amides is 2. The van der Waals surface area contributed by atoms with Crippen molar-refractivity contribution < 1.29 is 36.6 Å². The number of carbonyl (C=O) groups excluding carboxylic acids is 2. The molecule has 1 aliphatic heterocycles. The first-order valence-electron chi connectivity index (χ1n) is 14.9. The highest BCUT2D eigenvalue weighted by Gasteiger charge is 2.40. The van der Waals surface area contributed by atoms with E-state index in [1.807, 2.05) is 0 Å². The highest BCUT2D eigenvalue weighted by Crippen LogP contribution is 2.33. The Kier molecular flexibility index (Phi) is 10.1. The SMILES string of the molecule is CC(C)(C)NS(=O)(=O)COc1ccc2c(C(N)O)nn(CC(=O)N3CC(F)CC3C(=O)Nc3cccc(-c4ccccc4Cl)c3F)c2c1. The summed E-state index contributed by atoms with van der Waals surface area (Å²) < 4.78 is 64.3. The minimum Gasteiger partial charge on any atom is -0.476 e. The lowest BCUT2D eigenvalue weighted by Crippen LogP contribution is -2.44. The molecule has 1 aliphatic rings. The number of aromatic nitrogens is 2. The largest absolute Gasteiger partial charge is 0.476 e. The van der Waals surface area contributed by atoms with Crippen molar-refractivity contribution in [2.24, 2.45) is 5.73 Å². The van der Waals surface area contributed by atoms with Gasteiger partial charge in [0.25, 0.3) is 0 Å². The molecule has 0 aliphatic carbocycles. The van der Waals surface area contributed by atoms with Crippen molar-refractivity contribution in [3.8, 4) is 16.9 Å². The van der Waals surface area contributed by atoms with E-state index in [9.17, 15) is 27.5 Å². The second-order valence-electron chi connectivity index (χ2n) is 12.4. The number of carbonyl (C=O) groups is 2. The van der Waals surface area contributed by atoms with Gasteiger partial charge in [0.1, 0.15) is 36.4 Å². The van der Waals surface area contributed by atoms with E-state index in [0.29, 0.717) is 16.0 Å². The molecule has 12 nitrogen and oxygen atoms in total. The number of alkyl halides is 1. The third-order valence-corrected chi connectivity index (χ3v) is 9.13. The van der Waals surface area contributed by atoms with Crippen LogP contribution in [0.4, 0.5) is 14.5 Å². The van der Waals surface area contributed by atoms with E-state index in [4.69, 9.17) is 22.1 Å². The third kappa shape index (κ3) is 7.93. The molecule has 0 bridgehead atoms. The van der Waals surface area contributed by atoms with Gasteiger partial charge in [-0.05, 0) is 45.0 Å². The Hall–Kier alpha value is -4.15. The van der Waals surface area contributed by atoms with Gasteiger partial charge in [0, 0.05) is 39.6 Å². The third-order valence-electron chi connectivity index (χ3n) is 7.45. The number of aliphatic hydroxyl groups is 1. The van der Waals surface area contributed by atoms with Crippen LogP contribution in [0.3, 0.4) is 0 Å². The number of sulfonamides is 1. The van der Waals surface area contributed by atoms with Gasteiger partial charge in [-0.3, -0.25) is 14.3 Å². The Morgan fingerprint density at radius 3 is 2.54 bits per heavy atom. The van der Waals surface area contributed by atoms with E-state index in [1.54, 1.807) is 45.0 Å².